The van der Waals surface area contributed by atoms with Gasteiger partial charge < -0.3 is 0 Å². The van der Waals surface area contributed by atoms with Gasteiger partial charge in [0.25, 0.3) is 0 Å². The molecule has 1 aromatic carbocycles. The summed E-state index contributed by atoms with van der Waals surface area (Å²) < 4.78 is 22.1. The summed E-state index contributed by atoms with van der Waals surface area (Å²) >= 11 is 9.08. The fraction of sp³-hybridized carbons (Fsp3) is 0. The van der Waals surface area contributed by atoms with Gasteiger partial charge in [-0.3, -0.25) is 0 Å². The molecule has 0 unspecified atom stereocenters. The molecule has 0 amide bonds. The van der Waals surface area contributed by atoms with Gasteiger partial charge in [-0.2, -0.15) is 0 Å². The number of benzene rings is 1. The molecule has 0 atom stereocenters. The molecule has 0 radical (unpaired) electrons. The van der Waals surface area contributed by atoms with Gasteiger partial charge in [0.1, 0.15) is 0 Å². The molecule has 0 aliphatic rings. The van der Waals surface area contributed by atoms with Crippen molar-refractivity contribution in [1.82, 2.24) is 0 Å². The van der Waals surface area contributed by atoms with Gasteiger partial charge in [0.05, 0.1) is 0 Å². The maximum absolute atomic E-state index is 10.6. The van der Waals surface area contributed by atoms with Gasteiger partial charge in [-0.15, -0.1) is 0 Å². The van der Waals surface area contributed by atoms with Crippen molar-refractivity contribution in [3.8, 4) is 0 Å². The first-order valence-electron chi connectivity index (χ1n) is 3.54. The van der Waals surface area contributed by atoms with E-state index in [1.165, 1.54) is 6.08 Å². The average molecular weight is 297 g/mol. The lowest BCUT2D eigenvalue weighted by atomic mass is 10.2. The Morgan fingerprint density at radius 2 is 2.07 bits per heavy atom. The van der Waals surface area contributed by atoms with E-state index in [1.807, 2.05) is 0 Å². The topological polar surface area (TPSA) is 60.2 Å². The van der Waals surface area contributed by atoms with E-state index in [-0.39, 0.29) is 0 Å². The Kier molecular flexibility index (Phi) is 3.71. The third-order valence-corrected chi connectivity index (χ3v) is 2.74. The lowest BCUT2D eigenvalue weighted by Gasteiger charge is -1.97. The number of primary sulfonamides is 1. The van der Waals surface area contributed by atoms with Crippen molar-refractivity contribution in [2.45, 2.75) is 0 Å². The molecule has 1 aromatic rings. The van der Waals surface area contributed by atoms with Gasteiger partial charge in [-0.1, -0.05) is 33.6 Å². The van der Waals surface area contributed by atoms with E-state index in [2.05, 4.69) is 15.9 Å². The molecule has 14 heavy (non-hydrogen) atoms. The van der Waals surface area contributed by atoms with Crippen LogP contribution in [0.25, 0.3) is 6.08 Å². The van der Waals surface area contributed by atoms with Crippen LogP contribution in [0, 0.1) is 0 Å². The van der Waals surface area contributed by atoms with Crippen molar-refractivity contribution in [1.29, 1.82) is 0 Å². The summed E-state index contributed by atoms with van der Waals surface area (Å²) in [5, 5.41) is 6.16. The van der Waals surface area contributed by atoms with Crippen molar-refractivity contribution in [3.63, 3.8) is 0 Å². The van der Waals surface area contributed by atoms with Gasteiger partial charge in [-0.25, -0.2) is 13.6 Å². The van der Waals surface area contributed by atoms with Crippen molar-refractivity contribution in [3.05, 3.63) is 38.7 Å². The number of rotatable bonds is 2. The van der Waals surface area contributed by atoms with Crippen LogP contribution < -0.4 is 5.14 Å². The predicted octanol–water partition coefficient (Wildman–Crippen LogP) is 2.36. The van der Waals surface area contributed by atoms with E-state index in [0.717, 1.165) is 9.88 Å². The monoisotopic (exact) mass is 295 g/mol. The Labute approximate surface area is 95.7 Å². The van der Waals surface area contributed by atoms with E-state index >= 15 is 0 Å². The highest BCUT2D eigenvalue weighted by molar-refractivity contribution is 9.10. The standard InChI is InChI=1S/C8H7BrClNO2S/c9-7-2-1-6(8(10)5-7)3-4-14(11,12)13/h1-5H,(H2,11,12,13)/b4-3+. The van der Waals surface area contributed by atoms with Crippen molar-refractivity contribution in [2.75, 3.05) is 0 Å². The van der Waals surface area contributed by atoms with Crippen LogP contribution >= 0.6 is 27.5 Å². The number of hydrogen-bond acceptors (Lipinski definition) is 2. The van der Waals surface area contributed by atoms with E-state index in [9.17, 15) is 8.42 Å². The quantitative estimate of drug-likeness (QED) is 0.911. The van der Waals surface area contributed by atoms with Gasteiger partial charge in [0, 0.05) is 14.9 Å². The maximum Gasteiger partial charge on any atom is 0.231 e. The first kappa shape index (κ1) is 11.7. The lowest BCUT2D eigenvalue weighted by Crippen LogP contribution is -2.06. The smallest absolute Gasteiger partial charge is 0.225 e. The van der Waals surface area contributed by atoms with Gasteiger partial charge in [0.15, 0.2) is 0 Å². The second kappa shape index (κ2) is 4.44. The molecule has 0 aliphatic heterocycles. The largest absolute Gasteiger partial charge is 0.231 e. The highest BCUT2D eigenvalue weighted by Crippen LogP contribution is 2.22. The van der Waals surface area contributed by atoms with Crippen LogP contribution in [0.15, 0.2) is 28.1 Å². The maximum atomic E-state index is 10.6. The Bertz CT molecular complexity index is 470. The van der Waals surface area contributed by atoms with Crippen LogP contribution in [0.1, 0.15) is 5.56 Å². The number of nitrogens with two attached hydrogens (primary N) is 1. The number of sulfonamides is 1. The van der Waals surface area contributed by atoms with Gasteiger partial charge >= 0.3 is 0 Å². The van der Waals surface area contributed by atoms with E-state index in [0.29, 0.717) is 10.6 Å². The third kappa shape index (κ3) is 3.79. The molecule has 76 valence electrons. The summed E-state index contributed by atoms with van der Waals surface area (Å²) in [5.41, 5.74) is 0.601. The molecule has 0 bridgehead atoms. The highest BCUT2D eigenvalue weighted by atomic mass is 79.9. The van der Waals surface area contributed by atoms with Crippen LogP contribution in [0.5, 0.6) is 0 Å². The second-order valence-corrected chi connectivity index (χ2v) is 5.33. The molecular weight excluding hydrogens is 290 g/mol. The Balaban J connectivity index is 3.05. The van der Waals surface area contributed by atoms with Crippen LogP contribution in [-0.2, 0) is 10.0 Å². The van der Waals surface area contributed by atoms with Crippen LogP contribution in [-0.4, -0.2) is 8.42 Å². The molecule has 0 heterocycles. The fourth-order valence-corrected chi connectivity index (χ4v) is 1.88. The summed E-state index contributed by atoms with van der Waals surface area (Å²) in [6, 6.07) is 5.12. The number of halogens is 2. The van der Waals surface area contributed by atoms with E-state index in [1.54, 1.807) is 18.2 Å². The summed E-state index contributed by atoms with van der Waals surface area (Å²) in [7, 11) is -3.60. The minimum absolute atomic E-state index is 0.458. The molecule has 0 spiro atoms. The van der Waals surface area contributed by atoms with Crippen LogP contribution in [0.2, 0.25) is 5.02 Å². The van der Waals surface area contributed by atoms with Crippen molar-refractivity contribution >= 4 is 43.6 Å². The Hall–Kier alpha value is -0.360. The average Bonchev–Trinajstić information content (AvgIpc) is 2.00. The summed E-state index contributed by atoms with van der Waals surface area (Å²) in [4.78, 5) is 0. The molecule has 0 aliphatic carbocycles. The molecule has 2 N–H and O–H groups in total. The summed E-state index contributed by atoms with van der Waals surface area (Å²) in [5.74, 6) is 0. The zero-order valence-electron chi connectivity index (χ0n) is 6.94. The zero-order chi connectivity index (χ0) is 10.8. The summed E-state index contributed by atoms with van der Waals surface area (Å²) in [6.45, 7) is 0. The molecule has 6 heteroatoms. The second-order valence-electron chi connectivity index (χ2n) is 2.56. The van der Waals surface area contributed by atoms with Crippen LogP contribution in [0.4, 0.5) is 0 Å². The summed E-state index contributed by atoms with van der Waals surface area (Å²) in [6.07, 6.45) is 1.35. The predicted molar refractivity (Wildman–Crippen MR) is 61.3 cm³/mol. The fourth-order valence-electron chi connectivity index (χ4n) is 0.805. The zero-order valence-corrected chi connectivity index (χ0v) is 10.1. The minimum atomic E-state index is -3.60. The molecule has 0 fully saturated rings. The van der Waals surface area contributed by atoms with Gasteiger partial charge in [-0.05, 0) is 23.8 Å². The molecule has 0 saturated heterocycles. The van der Waals surface area contributed by atoms with Crippen molar-refractivity contribution in [2.24, 2.45) is 5.14 Å². The number of hydrogen-bond donors (Lipinski definition) is 1. The minimum Gasteiger partial charge on any atom is -0.225 e. The lowest BCUT2D eigenvalue weighted by molar-refractivity contribution is 0.606. The van der Waals surface area contributed by atoms with Crippen LogP contribution in [0.3, 0.4) is 0 Å². The highest BCUT2D eigenvalue weighted by Gasteiger charge is 1.99. The molecule has 3 nitrogen and oxygen atoms in total. The van der Waals surface area contributed by atoms with E-state index in [4.69, 9.17) is 16.7 Å². The molecule has 0 saturated carbocycles. The first-order chi connectivity index (χ1) is 6.38. The first-order valence-corrected chi connectivity index (χ1v) is 6.32. The van der Waals surface area contributed by atoms with E-state index < -0.39 is 10.0 Å². The SMILES string of the molecule is NS(=O)(=O)/C=C/c1ccc(Br)cc1Cl. The third-order valence-electron chi connectivity index (χ3n) is 1.40. The van der Waals surface area contributed by atoms with Crippen molar-refractivity contribution < 1.29 is 8.42 Å². The normalized spacial score (nSPS) is 12.2. The molecule has 0 aromatic heterocycles. The van der Waals surface area contributed by atoms with Gasteiger partial charge in [0.2, 0.25) is 10.0 Å². The molecular formula is C8H7BrClNO2S. The molecule has 1 rings (SSSR count). The Morgan fingerprint density at radius 3 is 2.57 bits per heavy atom. The Morgan fingerprint density at radius 1 is 1.43 bits per heavy atom.